The van der Waals surface area contributed by atoms with Crippen molar-refractivity contribution in [3.8, 4) is 0 Å². The van der Waals surface area contributed by atoms with Gasteiger partial charge in [0, 0.05) is 0 Å². The van der Waals surface area contributed by atoms with Crippen LogP contribution in [0.4, 0.5) is 4.79 Å². The zero-order valence-corrected chi connectivity index (χ0v) is 14.3. The van der Waals surface area contributed by atoms with Crippen LogP contribution in [0.15, 0.2) is 11.8 Å². The fourth-order valence-corrected chi connectivity index (χ4v) is 1.53. The maximum absolute atomic E-state index is 12.2. The van der Waals surface area contributed by atoms with Gasteiger partial charge in [-0.25, -0.2) is 9.59 Å². The normalized spacial score (nSPS) is 13.4. The van der Waals surface area contributed by atoms with Crippen LogP contribution < -0.4 is 10.6 Å². The SMILES string of the molecule is CC=C(NC(=O)C(NC(=O)OC(C)(C)C)C(C)C)C(=O)OC. The predicted octanol–water partition coefficient (Wildman–Crippen LogP) is 1.73. The lowest BCUT2D eigenvalue weighted by atomic mass is 10.0. The number of esters is 1. The van der Waals surface area contributed by atoms with Crippen LogP contribution in [0.25, 0.3) is 0 Å². The third-order valence-electron chi connectivity index (χ3n) is 2.57. The molecule has 2 amide bonds. The molecule has 7 heteroatoms. The zero-order chi connectivity index (χ0) is 17.5. The summed E-state index contributed by atoms with van der Waals surface area (Å²) in [6, 6.07) is -0.838. The molecule has 0 aliphatic heterocycles. The van der Waals surface area contributed by atoms with Crippen molar-refractivity contribution in [1.82, 2.24) is 10.6 Å². The molecule has 2 N–H and O–H groups in total. The molecule has 22 heavy (non-hydrogen) atoms. The number of rotatable bonds is 5. The Morgan fingerprint density at radius 2 is 1.68 bits per heavy atom. The maximum Gasteiger partial charge on any atom is 0.408 e. The largest absolute Gasteiger partial charge is 0.464 e. The second kappa shape index (κ2) is 8.41. The van der Waals surface area contributed by atoms with Crippen molar-refractivity contribution < 1.29 is 23.9 Å². The van der Waals surface area contributed by atoms with Crippen molar-refractivity contribution in [3.63, 3.8) is 0 Å². The summed E-state index contributed by atoms with van der Waals surface area (Å²) in [5.41, 5.74) is -0.646. The third-order valence-corrected chi connectivity index (χ3v) is 2.57. The summed E-state index contributed by atoms with van der Waals surface area (Å²) in [7, 11) is 1.22. The first kappa shape index (κ1) is 19.9. The molecule has 0 spiro atoms. The molecule has 0 heterocycles. The lowest BCUT2D eigenvalue weighted by Gasteiger charge is -2.25. The van der Waals surface area contributed by atoms with Crippen molar-refractivity contribution in [2.45, 2.75) is 53.2 Å². The van der Waals surface area contributed by atoms with Gasteiger partial charge in [0.25, 0.3) is 0 Å². The van der Waals surface area contributed by atoms with Gasteiger partial charge in [0.15, 0.2) is 0 Å². The first-order valence-electron chi connectivity index (χ1n) is 7.06. The highest BCUT2D eigenvalue weighted by Gasteiger charge is 2.28. The molecule has 126 valence electrons. The smallest absolute Gasteiger partial charge is 0.408 e. The second-order valence-electron chi connectivity index (χ2n) is 6.05. The molecule has 0 bridgehead atoms. The van der Waals surface area contributed by atoms with Gasteiger partial charge in [0.2, 0.25) is 5.91 Å². The van der Waals surface area contributed by atoms with Gasteiger partial charge < -0.3 is 20.1 Å². The minimum atomic E-state index is -0.838. The molecular weight excluding hydrogens is 288 g/mol. The number of carbonyl (C=O) groups excluding carboxylic acids is 3. The summed E-state index contributed by atoms with van der Waals surface area (Å²) in [5, 5.41) is 4.95. The Morgan fingerprint density at radius 1 is 1.14 bits per heavy atom. The van der Waals surface area contributed by atoms with Crippen LogP contribution in [0.1, 0.15) is 41.5 Å². The Hall–Kier alpha value is -2.05. The van der Waals surface area contributed by atoms with E-state index in [1.807, 2.05) is 0 Å². The fourth-order valence-electron chi connectivity index (χ4n) is 1.53. The topological polar surface area (TPSA) is 93.7 Å². The van der Waals surface area contributed by atoms with E-state index in [9.17, 15) is 14.4 Å². The summed E-state index contributed by atoms with van der Waals surface area (Å²) in [4.78, 5) is 35.5. The summed E-state index contributed by atoms with van der Waals surface area (Å²) < 4.78 is 9.69. The Labute approximate surface area is 131 Å². The quantitative estimate of drug-likeness (QED) is 0.595. The monoisotopic (exact) mass is 314 g/mol. The number of nitrogens with one attached hydrogen (secondary N) is 2. The standard InChI is InChI=1S/C15H26N2O5/c1-8-10(13(19)21-7)16-12(18)11(9(2)3)17-14(20)22-15(4,5)6/h8-9,11H,1-7H3,(H,16,18)(H,17,20). The highest BCUT2D eigenvalue weighted by Crippen LogP contribution is 2.09. The molecule has 0 rings (SSSR count). The van der Waals surface area contributed by atoms with Gasteiger partial charge in [-0.3, -0.25) is 4.79 Å². The molecule has 7 nitrogen and oxygen atoms in total. The number of alkyl carbamates (subject to hydrolysis) is 1. The van der Waals surface area contributed by atoms with Gasteiger partial charge in [-0.15, -0.1) is 0 Å². The highest BCUT2D eigenvalue weighted by molar-refractivity contribution is 5.96. The maximum atomic E-state index is 12.2. The van der Waals surface area contributed by atoms with E-state index in [0.717, 1.165) is 0 Å². The molecule has 0 fully saturated rings. The zero-order valence-electron chi connectivity index (χ0n) is 14.3. The summed E-state index contributed by atoms with van der Waals surface area (Å²) >= 11 is 0. The van der Waals surface area contributed by atoms with Crippen molar-refractivity contribution >= 4 is 18.0 Å². The summed E-state index contributed by atoms with van der Waals surface area (Å²) in [6.45, 7) is 10.3. The average molecular weight is 314 g/mol. The van der Waals surface area contributed by atoms with Crippen molar-refractivity contribution in [2.24, 2.45) is 5.92 Å². The number of carbonyl (C=O) groups is 3. The van der Waals surface area contributed by atoms with Crippen molar-refractivity contribution in [3.05, 3.63) is 11.8 Å². The number of amides is 2. The Bertz CT molecular complexity index is 449. The van der Waals surface area contributed by atoms with Gasteiger partial charge in [-0.1, -0.05) is 19.9 Å². The molecule has 1 atom stereocenters. The van der Waals surface area contributed by atoms with E-state index < -0.39 is 29.6 Å². The molecule has 0 saturated heterocycles. The van der Waals surface area contributed by atoms with Gasteiger partial charge in [0.05, 0.1) is 7.11 Å². The second-order valence-corrected chi connectivity index (χ2v) is 6.05. The third kappa shape index (κ3) is 7.10. The van der Waals surface area contributed by atoms with Gasteiger partial charge in [-0.05, 0) is 33.6 Å². The number of ether oxygens (including phenoxy) is 2. The lowest BCUT2D eigenvalue weighted by molar-refractivity contribution is -0.138. The van der Waals surface area contributed by atoms with E-state index >= 15 is 0 Å². The molecule has 0 aromatic heterocycles. The Kier molecular flexibility index (Phi) is 7.62. The van der Waals surface area contributed by atoms with E-state index in [-0.39, 0.29) is 11.6 Å². The highest BCUT2D eigenvalue weighted by atomic mass is 16.6. The van der Waals surface area contributed by atoms with E-state index in [2.05, 4.69) is 15.4 Å². The van der Waals surface area contributed by atoms with Crippen LogP contribution in [0.3, 0.4) is 0 Å². The van der Waals surface area contributed by atoms with Crippen LogP contribution in [0.5, 0.6) is 0 Å². The van der Waals surface area contributed by atoms with Crippen LogP contribution >= 0.6 is 0 Å². The molecule has 0 saturated carbocycles. The van der Waals surface area contributed by atoms with E-state index in [4.69, 9.17) is 4.74 Å². The Morgan fingerprint density at radius 3 is 2.05 bits per heavy atom. The molecule has 0 aromatic rings. The van der Waals surface area contributed by atoms with Crippen LogP contribution in [-0.4, -0.2) is 36.7 Å². The average Bonchev–Trinajstić information content (AvgIpc) is 2.38. The van der Waals surface area contributed by atoms with E-state index in [1.165, 1.54) is 13.2 Å². The lowest BCUT2D eigenvalue weighted by Crippen LogP contribution is -2.51. The predicted molar refractivity (Wildman–Crippen MR) is 81.9 cm³/mol. The van der Waals surface area contributed by atoms with Crippen LogP contribution in [0.2, 0.25) is 0 Å². The minimum absolute atomic E-state index is 0.0177. The first-order chi connectivity index (χ1) is 10.0. The van der Waals surface area contributed by atoms with Crippen LogP contribution in [0, 0.1) is 5.92 Å². The number of allylic oxidation sites excluding steroid dienone is 1. The Balaban J connectivity index is 4.92. The molecular formula is C15H26N2O5. The molecule has 0 aliphatic carbocycles. The number of methoxy groups -OCH3 is 1. The molecule has 0 aliphatic rings. The van der Waals surface area contributed by atoms with Gasteiger partial charge >= 0.3 is 12.1 Å². The fraction of sp³-hybridized carbons (Fsp3) is 0.667. The molecule has 0 aromatic carbocycles. The van der Waals surface area contributed by atoms with Crippen molar-refractivity contribution in [2.75, 3.05) is 7.11 Å². The van der Waals surface area contributed by atoms with Crippen LogP contribution in [-0.2, 0) is 19.1 Å². The minimum Gasteiger partial charge on any atom is -0.464 e. The number of hydrogen-bond donors (Lipinski definition) is 2. The summed E-state index contributed by atoms with van der Waals surface area (Å²) in [6.07, 6.45) is 0.732. The summed E-state index contributed by atoms with van der Waals surface area (Å²) in [5.74, 6) is -1.36. The van der Waals surface area contributed by atoms with E-state index in [1.54, 1.807) is 41.5 Å². The molecule has 1 unspecified atom stereocenters. The van der Waals surface area contributed by atoms with Gasteiger partial charge in [-0.2, -0.15) is 0 Å². The first-order valence-corrected chi connectivity index (χ1v) is 7.06. The molecule has 0 radical (unpaired) electrons. The van der Waals surface area contributed by atoms with E-state index in [0.29, 0.717) is 0 Å². The number of hydrogen-bond acceptors (Lipinski definition) is 5. The van der Waals surface area contributed by atoms with Crippen molar-refractivity contribution in [1.29, 1.82) is 0 Å². The van der Waals surface area contributed by atoms with Gasteiger partial charge in [0.1, 0.15) is 17.3 Å².